The summed E-state index contributed by atoms with van der Waals surface area (Å²) in [5, 5.41) is 8.34. The first-order valence-electron chi connectivity index (χ1n) is 9.83. The second-order valence-electron chi connectivity index (χ2n) is 7.27. The Morgan fingerprint density at radius 1 is 1.03 bits per heavy atom. The van der Waals surface area contributed by atoms with E-state index in [9.17, 15) is 4.79 Å². The van der Waals surface area contributed by atoms with Gasteiger partial charge >= 0.3 is 0 Å². The number of nitrogens with zero attached hydrogens (tertiary/aromatic N) is 3. The summed E-state index contributed by atoms with van der Waals surface area (Å²) in [7, 11) is 1.79. The Hall–Kier alpha value is -3.47. The average molecular weight is 384 g/mol. The number of amides is 1. The van der Waals surface area contributed by atoms with Gasteiger partial charge in [-0.15, -0.1) is 0 Å². The van der Waals surface area contributed by atoms with Crippen LogP contribution < -0.4 is 5.32 Å². The lowest BCUT2D eigenvalue weighted by Crippen LogP contribution is -2.26. The van der Waals surface area contributed by atoms with Crippen LogP contribution in [0.3, 0.4) is 0 Å². The van der Waals surface area contributed by atoms with Gasteiger partial charge in [0.1, 0.15) is 5.69 Å². The summed E-state index contributed by atoms with van der Waals surface area (Å²) in [6.07, 6.45) is 3.61. The Bertz CT molecular complexity index is 1160. The molecule has 2 heterocycles. The molecule has 4 aromatic rings. The lowest BCUT2D eigenvalue weighted by molar-refractivity contribution is 0.0944. The van der Waals surface area contributed by atoms with Crippen LogP contribution in [0.15, 0.2) is 66.9 Å². The van der Waals surface area contributed by atoms with Crippen LogP contribution in [-0.2, 0) is 13.5 Å². The van der Waals surface area contributed by atoms with E-state index < -0.39 is 0 Å². The van der Waals surface area contributed by atoms with E-state index in [0.717, 1.165) is 29.4 Å². The molecule has 0 aliphatic heterocycles. The normalized spacial score (nSPS) is 11.0. The summed E-state index contributed by atoms with van der Waals surface area (Å²) in [6, 6.07) is 20.8. The lowest BCUT2D eigenvalue weighted by Gasteiger charge is -2.08. The molecule has 0 unspecified atom stereocenters. The van der Waals surface area contributed by atoms with E-state index in [-0.39, 0.29) is 5.91 Å². The van der Waals surface area contributed by atoms with Crippen molar-refractivity contribution in [2.45, 2.75) is 19.8 Å². The van der Waals surface area contributed by atoms with Crippen LogP contribution >= 0.6 is 0 Å². The summed E-state index contributed by atoms with van der Waals surface area (Å²) >= 11 is 0. The van der Waals surface area contributed by atoms with Gasteiger partial charge in [0.05, 0.1) is 11.2 Å². The second-order valence-corrected chi connectivity index (χ2v) is 7.27. The Balaban J connectivity index is 1.37. The minimum Gasteiger partial charge on any atom is -0.351 e. The number of nitrogens with one attached hydrogen (secondary N) is 1. The highest BCUT2D eigenvalue weighted by Gasteiger charge is 2.10. The van der Waals surface area contributed by atoms with Crippen LogP contribution in [-0.4, -0.2) is 27.2 Å². The van der Waals surface area contributed by atoms with Crippen LogP contribution in [0.5, 0.6) is 0 Å². The number of carbonyl (C=O) groups is 1. The largest absolute Gasteiger partial charge is 0.351 e. The lowest BCUT2D eigenvalue weighted by atomic mass is 9.99. The molecule has 0 bridgehead atoms. The van der Waals surface area contributed by atoms with Gasteiger partial charge in [-0.05, 0) is 60.7 Å². The molecule has 29 heavy (non-hydrogen) atoms. The van der Waals surface area contributed by atoms with Crippen molar-refractivity contribution in [1.29, 1.82) is 0 Å². The van der Waals surface area contributed by atoms with Gasteiger partial charge in [0.2, 0.25) is 0 Å². The third-order valence-electron chi connectivity index (χ3n) is 5.03. The zero-order valence-electron chi connectivity index (χ0n) is 16.7. The van der Waals surface area contributed by atoms with E-state index in [0.29, 0.717) is 12.2 Å². The van der Waals surface area contributed by atoms with E-state index >= 15 is 0 Å². The quantitative estimate of drug-likeness (QED) is 0.504. The van der Waals surface area contributed by atoms with E-state index in [1.54, 1.807) is 17.8 Å². The van der Waals surface area contributed by atoms with Crippen molar-refractivity contribution in [1.82, 2.24) is 20.1 Å². The molecule has 0 fully saturated rings. The topological polar surface area (TPSA) is 59.8 Å². The van der Waals surface area contributed by atoms with E-state index in [2.05, 4.69) is 63.9 Å². The first-order valence-corrected chi connectivity index (χ1v) is 9.83. The number of rotatable bonds is 6. The summed E-state index contributed by atoms with van der Waals surface area (Å²) < 4.78 is 1.62. The maximum Gasteiger partial charge on any atom is 0.269 e. The third kappa shape index (κ3) is 4.35. The van der Waals surface area contributed by atoms with E-state index in [1.165, 1.54) is 16.7 Å². The predicted molar refractivity (Wildman–Crippen MR) is 116 cm³/mol. The van der Waals surface area contributed by atoms with Crippen LogP contribution in [0, 0.1) is 6.92 Å². The second kappa shape index (κ2) is 8.27. The fraction of sp³-hybridized carbons (Fsp3) is 0.208. The number of hydrogen-bond donors (Lipinski definition) is 1. The van der Waals surface area contributed by atoms with Crippen molar-refractivity contribution in [3.05, 3.63) is 83.8 Å². The van der Waals surface area contributed by atoms with Gasteiger partial charge < -0.3 is 5.32 Å². The zero-order valence-corrected chi connectivity index (χ0v) is 16.7. The van der Waals surface area contributed by atoms with Gasteiger partial charge in [-0.2, -0.15) is 5.10 Å². The van der Waals surface area contributed by atoms with Crippen LogP contribution in [0.4, 0.5) is 0 Å². The smallest absolute Gasteiger partial charge is 0.269 e. The number of aryl methyl sites for hydroxylation is 3. The Morgan fingerprint density at radius 2 is 1.90 bits per heavy atom. The first kappa shape index (κ1) is 18.9. The Labute approximate surface area is 170 Å². The molecule has 0 radical (unpaired) electrons. The fourth-order valence-electron chi connectivity index (χ4n) is 3.57. The molecule has 146 valence electrons. The summed E-state index contributed by atoms with van der Waals surface area (Å²) in [5.74, 6) is -0.0772. The van der Waals surface area contributed by atoms with Crippen molar-refractivity contribution >= 4 is 16.8 Å². The van der Waals surface area contributed by atoms with Crippen molar-refractivity contribution in [3.8, 4) is 11.1 Å². The standard InChI is InChI=1S/C24H24N4O/c1-17-14-23(28(2)27-17)24(29)26-13-4-7-18-6-3-8-19(15-18)20-10-11-22-21(16-20)9-5-12-25-22/h3,5-6,8-12,14-16H,4,7,13H2,1-2H3,(H,26,29). The van der Waals surface area contributed by atoms with Gasteiger partial charge in [-0.1, -0.05) is 36.4 Å². The molecule has 1 N–H and O–H groups in total. The number of aromatic nitrogens is 3. The molecular weight excluding hydrogens is 360 g/mol. The molecule has 1 amide bonds. The van der Waals surface area contributed by atoms with Gasteiger partial charge in [0, 0.05) is 25.2 Å². The number of carbonyl (C=O) groups excluding carboxylic acids is 1. The molecule has 0 atom stereocenters. The van der Waals surface area contributed by atoms with Crippen LogP contribution in [0.1, 0.15) is 28.2 Å². The third-order valence-corrected chi connectivity index (χ3v) is 5.03. The molecule has 5 heteroatoms. The molecule has 0 aliphatic carbocycles. The monoisotopic (exact) mass is 384 g/mol. The first-order chi connectivity index (χ1) is 14.1. The highest BCUT2D eigenvalue weighted by Crippen LogP contribution is 2.24. The zero-order chi connectivity index (χ0) is 20.2. The molecule has 0 spiro atoms. The molecular formula is C24H24N4O. The minimum absolute atomic E-state index is 0.0772. The molecule has 0 aliphatic rings. The molecule has 2 aromatic heterocycles. The molecule has 4 rings (SSSR count). The van der Waals surface area contributed by atoms with Gasteiger partial charge in [0.15, 0.2) is 0 Å². The Morgan fingerprint density at radius 3 is 2.72 bits per heavy atom. The Kier molecular flexibility index (Phi) is 5.38. The summed E-state index contributed by atoms with van der Waals surface area (Å²) in [5.41, 5.74) is 6.09. The molecule has 0 saturated heterocycles. The van der Waals surface area contributed by atoms with Crippen LogP contribution in [0.2, 0.25) is 0 Å². The van der Waals surface area contributed by atoms with Gasteiger partial charge in [-0.25, -0.2) is 0 Å². The SMILES string of the molecule is Cc1cc(C(=O)NCCCc2cccc(-c3ccc4ncccc4c3)c2)n(C)n1. The van der Waals surface area contributed by atoms with Crippen molar-refractivity contribution in [3.63, 3.8) is 0 Å². The minimum atomic E-state index is -0.0772. The average Bonchev–Trinajstić information content (AvgIpc) is 3.09. The highest BCUT2D eigenvalue weighted by molar-refractivity contribution is 5.92. The van der Waals surface area contributed by atoms with Gasteiger partial charge in [-0.3, -0.25) is 14.5 Å². The molecule has 0 saturated carbocycles. The number of benzene rings is 2. The number of fused-ring (bicyclic) bond motifs is 1. The number of hydrogen-bond acceptors (Lipinski definition) is 3. The van der Waals surface area contributed by atoms with Crippen molar-refractivity contribution < 1.29 is 4.79 Å². The summed E-state index contributed by atoms with van der Waals surface area (Å²) in [4.78, 5) is 16.6. The van der Waals surface area contributed by atoms with Crippen molar-refractivity contribution in [2.75, 3.05) is 6.54 Å². The van der Waals surface area contributed by atoms with E-state index in [1.807, 2.05) is 19.2 Å². The maximum atomic E-state index is 12.3. The van der Waals surface area contributed by atoms with E-state index in [4.69, 9.17) is 0 Å². The highest BCUT2D eigenvalue weighted by atomic mass is 16.2. The molecule has 5 nitrogen and oxygen atoms in total. The van der Waals surface area contributed by atoms with Gasteiger partial charge in [0.25, 0.3) is 5.91 Å². The van der Waals surface area contributed by atoms with Crippen LogP contribution in [0.25, 0.3) is 22.0 Å². The summed E-state index contributed by atoms with van der Waals surface area (Å²) in [6.45, 7) is 2.52. The molecule has 2 aromatic carbocycles. The predicted octanol–water partition coefficient (Wildman–Crippen LogP) is 4.31. The van der Waals surface area contributed by atoms with Crippen molar-refractivity contribution in [2.24, 2.45) is 7.05 Å². The maximum absolute atomic E-state index is 12.3. The fourth-order valence-corrected chi connectivity index (χ4v) is 3.57. The number of pyridine rings is 1.